The normalized spacial score (nSPS) is 14.2. The first-order valence-electron chi connectivity index (χ1n) is 11.9. The summed E-state index contributed by atoms with van der Waals surface area (Å²) in [5, 5.41) is 2.81. The molecule has 190 valence electrons. The van der Waals surface area contributed by atoms with Crippen molar-refractivity contribution in [1.82, 2.24) is 14.3 Å². The van der Waals surface area contributed by atoms with Crippen LogP contribution in [-0.4, -0.2) is 68.4 Å². The largest absolute Gasteiger partial charge is 0.368 e. The minimum absolute atomic E-state index is 0.0410. The molecule has 9 nitrogen and oxygen atoms in total. The van der Waals surface area contributed by atoms with E-state index >= 15 is 0 Å². The van der Waals surface area contributed by atoms with E-state index in [9.17, 15) is 13.2 Å². The maximum absolute atomic E-state index is 12.9. The van der Waals surface area contributed by atoms with Gasteiger partial charge in [0.25, 0.3) is 0 Å². The van der Waals surface area contributed by atoms with Gasteiger partial charge in [0.05, 0.1) is 16.8 Å². The van der Waals surface area contributed by atoms with Crippen molar-refractivity contribution < 1.29 is 13.2 Å². The topological polar surface area (TPSA) is 98.7 Å². The quantitative estimate of drug-likeness (QED) is 0.499. The molecule has 0 atom stereocenters. The van der Waals surface area contributed by atoms with E-state index in [4.69, 9.17) is 0 Å². The highest BCUT2D eigenvalue weighted by Gasteiger charge is 2.24. The lowest BCUT2D eigenvalue weighted by Gasteiger charge is -2.36. The van der Waals surface area contributed by atoms with Gasteiger partial charge in [-0.2, -0.15) is 0 Å². The fraction of sp³-hybridized carbons (Fsp3) is 0.346. The first-order valence-corrected chi connectivity index (χ1v) is 13.4. The highest BCUT2D eigenvalue weighted by molar-refractivity contribution is 7.89. The number of aryl methyl sites for hydroxylation is 1. The van der Waals surface area contributed by atoms with Crippen LogP contribution in [0.15, 0.2) is 66.0 Å². The first kappa shape index (κ1) is 25.6. The predicted octanol–water partition coefficient (Wildman–Crippen LogP) is 3.07. The molecule has 3 aromatic rings. The van der Waals surface area contributed by atoms with Crippen molar-refractivity contribution in [3.8, 4) is 0 Å². The summed E-state index contributed by atoms with van der Waals surface area (Å²) in [5.41, 5.74) is 3.38. The zero-order chi connectivity index (χ0) is 25.7. The molecule has 0 aliphatic carbocycles. The van der Waals surface area contributed by atoms with E-state index in [1.165, 1.54) is 17.0 Å². The van der Waals surface area contributed by atoms with Crippen LogP contribution in [0.25, 0.3) is 0 Å². The second-order valence-electron chi connectivity index (χ2n) is 8.91. The number of aromatic nitrogens is 2. The van der Waals surface area contributed by atoms with Crippen LogP contribution in [0.1, 0.15) is 17.5 Å². The number of amides is 1. The monoisotopic (exact) mass is 508 g/mol. The van der Waals surface area contributed by atoms with Crippen LogP contribution < -0.4 is 15.1 Å². The van der Waals surface area contributed by atoms with Gasteiger partial charge < -0.3 is 15.1 Å². The molecule has 36 heavy (non-hydrogen) atoms. The number of nitrogens with zero attached hydrogens (tertiary/aromatic N) is 5. The van der Waals surface area contributed by atoms with Crippen molar-refractivity contribution in [3.63, 3.8) is 0 Å². The number of pyridine rings is 2. The maximum atomic E-state index is 12.9. The van der Waals surface area contributed by atoms with E-state index in [0.29, 0.717) is 5.69 Å². The van der Waals surface area contributed by atoms with Gasteiger partial charge in [0, 0.05) is 64.3 Å². The van der Waals surface area contributed by atoms with Gasteiger partial charge >= 0.3 is 0 Å². The number of hydrogen-bond acceptors (Lipinski definition) is 7. The van der Waals surface area contributed by atoms with Crippen molar-refractivity contribution in [2.75, 3.05) is 54.9 Å². The summed E-state index contributed by atoms with van der Waals surface area (Å²) in [6.45, 7) is 7.23. The van der Waals surface area contributed by atoms with Gasteiger partial charge in [0.15, 0.2) is 0 Å². The third kappa shape index (κ3) is 5.83. The van der Waals surface area contributed by atoms with Crippen LogP contribution >= 0.6 is 0 Å². The zero-order valence-corrected chi connectivity index (χ0v) is 21.7. The van der Waals surface area contributed by atoms with E-state index in [1.54, 1.807) is 37.6 Å². The van der Waals surface area contributed by atoms with Gasteiger partial charge in [-0.1, -0.05) is 12.1 Å². The van der Waals surface area contributed by atoms with Crippen LogP contribution in [0.2, 0.25) is 0 Å². The fourth-order valence-corrected chi connectivity index (χ4v) is 5.64. The summed E-state index contributed by atoms with van der Waals surface area (Å²) < 4.78 is 27.1. The molecular formula is C26H32N6O3S. The molecular weight excluding hydrogens is 476 g/mol. The lowest BCUT2D eigenvalue weighted by molar-refractivity contribution is -0.116. The number of carbonyl (C=O) groups is 1. The molecule has 1 fully saturated rings. The van der Waals surface area contributed by atoms with Gasteiger partial charge in [0.2, 0.25) is 15.9 Å². The zero-order valence-electron chi connectivity index (χ0n) is 20.9. The molecule has 3 heterocycles. The molecule has 0 spiro atoms. The van der Waals surface area contributed by atoms with E-state index < -0.39 is 10.0 Å². The van der Waals surface area contributed by atoms with Crippen molar-refractivity contribution in [3.05, 3.63) is 72.2 Å². The van der Waals surface area contributed by atoms with Gasteiger partial charge in [-0.25, -0.2) is 17.7 Å². The molecule has 0 bridgehead atoms. The number of anilines is 3. The van der Waals surface area contributed by atoms with Crippen LogP contribution in [0.3, 0.4) is 0 Å². The number of piperazine rings is 1. The van der Waals surface area contributed by atoms with Crippen molar-refractivity contribution >= 4 is 33.1 Å². The highest BCUT2D eigenvalue weighted by Crippen LogP contribution is 2.22. The third-order valence-electron chi connectivity index (χ3n) is 6.56. The maximum Gasteiger partial charge on any atom is 0.243 e. The minimum atomic E-state index is -3.67. The van der Waals surface area contributed by atoms with Gasteiger partial charge in [0.1, 0.15) is 5.82 Å². The van der Waals surface area contributed by atoms with Crippen LogP contribution in [0.4, 0.5) is 17.2 Å². The second-order valence-corrected chi connectivity index (χ2v) is 10.9. The van der Waals surface area contributed by atoms with E-state index in [0.717, 1.165) is 43.1 Å². The lowest BCUT2D eigenvalue weighted by atomic mass is 10.1. The lowest BCUT2D eigenvalue weighted by Crippen LogP contribution is -2.46. The Hall–Kier alpha value is -3.50. The number of rotatable bonds is 8. The summed E-state index contributed by atoms with van der Waals surface area (Å²) in [4.78, 5) is 25.9. The molecule has 1 N–H and O–H groups in total. The van der Waals surface area contributed by atoms with Crippen molar-refractivity contribution in [2.24, 2.45) is 0 Å². The first-order chi connectivity index (χ1) is 17.3. The van der Waals surface area contributed by atoms with E-state index in [1.807, 2.05) is 37.3 Å². The average Bonchev–Trinajstić information content (AvgIpc) is 2.90. The Balaban J connectivity index is 1.27. The fourth-order valence-electron chi connectivity index (χ4n) is 4.17. The minimum Gasteiger partial charge on any atom is -0.368 e. The molecule has 10 heteroatoms. The summed E-state index contributed by atoms with van der Waals surface area (Å²) in [7, 11) is -2.18. The molecule has 4 rings (SSSR count). The van der Waals surface area contributed by atoms with Crippen LogP contribution in [0.5, 0.6) is 0 Å². The third-order valence-corrected chi connectivity index (χ3v) is 8.56. The van der Waals surface area contributed by atoms with Gasteiger partial charge in [-0.3, -0.25) is 9.78 Å². The van der Waals surface area contributed by atoms with Crippen molar-refractivity contribution in [2.45, 2.75) is 25.2 Å². The Bertz CT molecular complexity index is 1290. The molecule has 0 saturated carbocycles. The van der Waals surface area contributed by atoms with Crippen LogP contribution in [-0.2, 0) is 14.8 Å². The SMILES string of the molecule is Cc1cccc(S(=O)(=O)N(C)CCC(=O)Nc2ccc(N3CCN(c4ccncc4)CC3)nc2)c1C. The standard InChI is InChI=1S/C26H32N6O3S/c1-20-5-4-6-24(21(20)2)36(34,35)30(3)14-11-26(33)29-22-7-8-25(28-19-22)32-17-15-31(16-18-32)23-9-12-27-13-10-23/h4-10,12-13,19H,11,14-18H2,1-3H3,(H,29,33). The molecule has 2 aromatic heterocycles. The average molecular weight is 509 g/mol. The second kappa shape index (κ2) is 11.0. The molecule has 1 aromatic carbocycles. The Kier molecular flexibility index (Phi) is 7.85. The van der Waals surface area contributed by atoms with E-state index in [-0.39, 0.29) is 23.8 Å². The molecule has 0 unspecified atom stereocenters. The Morgan fingerprint density at radius 1 is 1.00 bits per heavy atom. The van der Waals surface area contributed by atoms with E-state index in [2.05, 4.69) is 25.1 Å². The number of hydrogen-bond donors (Lipinski definition) is 1. The summed E-state index contributed by atoms with van der Waals surface area (Å²) >= 11 is 0. The number of sulfonamides is 1. The summed E-state index contributed by atoms with van der Waals surface area (Å²) in [6, 6.07) is 13.0. The molecule has 1 aliphatic heterocycles. The van der Waals surface area contributed by atoms with Crippen molar-refractivity contribution in [1.29, 1.82) is 0 Å². The Morgan fingerprint density at radius 2 is 1.69 bits per heavy atom. The van der Waals surface area contributed by atoms with Gasteiger partial charge in [-0.15, -0.1) is 0 Å². The molecule has 1 saturated heterocycles. The molecule has 0 radical (unpaired) electrons. The molecule has 1 amide bonds. The summed E-state index contributed by atoms with van der Waals surface area (Å²) in [6.07, 6.45) is 5.29. The smallest absolute Gasteiger partial charge is 0.243 e. The summed E-state index contributed by atoms with van der Waals surface area (Å²) in [5.74, 6) is 0.597. The Labute approximate surface area is 212 Å². The van der Waals surface area contributed by atoms with Crippen LogP contribution in [0, 0.1) is 13.8 Å². The van der Waals surface area contributed by atoms with Gasteiger partial charge in [-0.05, 0) is 55.3 Å². The highest BCUT2D eigenvalue weighted by atomic mass is 32.2. The number of carbonyl (C=O) groups excluding carboxylic acids is 1. The number of nitrogens with one attached hydrogen (secondary N) is 1. The number of benzene rings is 1. The predicted molar refractivity (Wildman–Crippen MR) is 142 cm³/mol. The Morgan fingerprint density at radius 3 is 2.36 bits per heavy atom. The molecule has 1 aliphatic rings.